The summed E-state index contributed by atoms with van der Waals surface area (Å²) in [6.45, 7) is 0. The third kappa shape index (κ3) is 8.11. The van der Waals surface area contributed by atoms with E-state index >= 15 is 0 Å². The molecule has 5 rings (SSSR count). The van der Waals surface area contributed by atoms with Gasteiger partial charge in [-0.15, -0.1) is 0 Å². The second-order valence-corrected chi connectivity index (χ2v) is 11.7. The normalized spacial score (nSPS) is 13.7. The highest BCUT2D eigenvalue weighted by Gasteiger charge is 2.24. The molecule has 4 aromatic carbocycles. The Kier molecular flexibility index (Phi) is 9.89. The van der Waals surface area contributed by atoms with Crippen LogP contribution in [0.15, 0.2) is 102 Å². The van der Waals surface area contributed by atoms with Crippen LogP contribution in [0.25, 0.3) is 11.1 Å². The van der Waals surface area contributed by atoms with E-state index in [1.54, 1.807) is 18.2 Å². The lowest BCUT2D eigenvalue weighted by atomic mass is 9.99. The maximum Gasteiger partial charge on any atom is 0.326 e. The lowest BCUT2D eigenvalue weighted by Crippen LogP contribution is -2.42. The summed E-state index contributed by atoms with van der Waals surface area (Å²) in [5.41, 5.74) is 3.12. The highest BCUT2D eigenvalue weighted by Crippen LogP contribution is 2.33. The van der Waals surface area contributed by atoms with Crippen molar-refractivity contribution < 1.29 is 24.2 Å². The van der Waals surface area contributed by atoms with Crippen molar-refractivity contribution in [1.29, 1.82) is 0 Å². The molecular formula is C35H33BrN2O5. The van der Waals surface area contributed by atoms with Gasteiger partial charge in [0.2, 0.25) is 5.91 Å². The number of carbonyl (C=O) groups is 3. The van der Waals surface area contributed by atoms with Crippen molar-refractivity contribution in [1.82, 2.24) is 5.32 Å². The van der Waals surface area contributed by atoms with Crippen molar-refractivity contribution >= 4 is 39.4 Å². The van der Waals surface area contributed by atoms with Gasteiger partial charge in [0.1, 0.15) is 17.5 Å². The summed E-state index contributed by atoms with van der Waals surface area (Å²) in [5.74, 6) is -0.0746. The van der Waals surface area contributed by atoms with Gasteiger partial charge in [0.25, 0.3) is 5.91 Å². The highest BCUT2D eigenvalue weighted by molar-refractivity contribution is 9.10. The van der Waals surface area contributed by atoms with Gasteiger partial charge in [0.15, 0.2) is 0 Å². The molecule has 220 valence electrons. The van der Waals surface area contributed by atoms with Gasteiger partial charge in [-0.3, -0.25) is 9.59 Å². The van der Waals surface area contributed by atoms with Crippen molar-refractivity contribution in [2.24, 2.45) is 5.92 Å². The molecule has 7 nitrogen and oxygen atoms in total. The third-order valence-corrected chi connectivity index (χ3v) is 8.11. The van der Waals surface area contributed by atoms with E-state index in [1.807, 2.05) is 78.9 Å². The summed E-state index contributed by atoms with van der Waals surface area (Å²) in [7, 11) is 0. The minimum absolute atomic E-state index is 0.0842. The Balaban J connectivity index is 1.27. The Morgan fingerprint density at radius 2 is 1.58 bits per heavy atom. The molecule has 2 amide bonds. The molecule has 1 aliphatic carbocycles. The van der Waals surface area contributed by atoms with Gasteiger partial charge in [-0.05, 0) is 66.3 Å². The predicted molar refractivity (Wildman–Crippen MR) is 170 cm³/mol. The molecule has 1 atom stereocenters. The van der Waals surface area contributed by atoms with Crippen molar-refractivity contribution in [3.8, 4) is 22.6 Å². The largest absolute Gasteiger partial charge is 0.480 e. The van der Waals surface area contributed by atoms with Crippen LogP contribution < -0.4 is 15.4 Å². The molecule has 1 saturated carbocycles. The van der Waals surface area contributed by atoms with Crippen LogP contribution >= 0.6 is 15.9 Å². The van der Waals surface area contributed by atoms with E-state index in [0.29, 0.717) is 28.2 Å². The summed E-state index contributed by atoms with van der Waals surface area (Å²) in [4.78, 5) is 38.2. The number of nitrogens with one attached hydrogen (secondary N) is 2. The van der Waals surface area contributed by atoms with Gasteiger partial charge in [-0.25, -0.2) is 4.79 Å². The Bertz CT molecular complexity index is 1580. The fourth-order valence-electron chi connectivity index (χ4n) is 5.39. The molecule has 0 aromatic heterocycles. The standard InChI is InChI=1S/C35H33BrN2O5/c36-26-18-19-30(37-33(39)21-23-8-4-5-9-23)29(22-26)34(40)38-31(35(41)42)20-24-14-16-25(17-15-24)28-12-6-7-13-32(28)43-27-10-2-1-3-11-27/h1-3,6-7,10-19,22-23,31H,4-5,8-9,20-21H2,(H,37,39)(H,38,40)(H,41,42). The number of carboxylic acid groups (broad SMARTS) is 1. The fraction of sp³-hybridized carbons (Fsp3) is 0.229. The topological polar surface area (TPSA) is 105 Å². The minimum atomic E-state index is -1.17. The van der Waals surface area contributed by atoms with Crippen LogP contribution in [0.2, 0.25) is 0 Å². The molecule has 1 fully saturated rings. The third-order valence-electron chi connectivity index (χ3n) is 7.62. The first kappa shape index (κ1) is 30.0. The van der Waals surface area contributed by atoms with Crippen molar-refractivity contribution in [2.45, 2.75) is 44.6 Å². The molecule has 0 aliphatic heterocycles. The molecule has 0 bridgehead atoms. The Morgan fingerprint density at radius 1 is 0.884 bits per heavy atom. The summed E-state index contributed by atoms with van der Waals surface area (Å²) in [5, 5.41) is 15.5. The average molecular weight is 642 g/mol. The van der Waals surface area contributed by atoms with Crippen LogP contribution in [0.3, 0.4) is 0 Å². The van der Waals surface area contributed by atoms with E-state index in [9.17, 15) is 19.5 Å². The first-order valence-corrected chi connectivity index (χ1v) is 15.2. The number of anilines is 1. The smallest absolute Gasteiger partial charge is 0.326 e. The second-order valence-electron chi connectivity index (χ2n) is 10.8. The summed E-state index contributed by atoms with van der Waals surface area (Å²) < 4.78 is 6.74. The SMILES string of the molecule is O=C(CC1CCCC1)Nc1ccc(Br)cc1C(=O)NC(Cc1ccc(-c2ccccc2Oc2ccccc2)cc1)C(=O)O. The summed E-state index contributed by atoms with van der Waals surface area (Å²) in [6, 6.07) is 28.6. The number of aliphatic carboxylic acids is 1. The van der Waals surface area contributed by atoms with Gasteiger partial charge >= 0.3 is 5.97 Å². The van der Waals surface area contributed by atoms with Crippen LogP contribution in [-0.4, -0.2) is 28.9 Å². The zero-order chi connectivity index (χ0) is 30.2. The zero-order valence-corrected chi connectivity index (χ0v) is 25.2. The molecule has 8 heteroatoms. The summed E-state index contributed by atoms with van der Waals surface area (Å²) >= 11 is 3.38. The molecule has 0 radical (unpaired) electrons. The van der Waals surface area contributed by atoms with E-state index in [2.05, 4.69) is 26.6 Å². The van der Waals surface area contributed by atoms with Crippen LogP contribution in [0.4, 0.5) is 5.69 Å². The van der Waals surface area contributed by atoms with Crippen LogP contribution in [0, 0.1) is 5.92 Å². The van der Waals surface area contributed by atoms with Crippen LogP contribution in [0.5, 0.6) is 11.5 Å². The molecule has 1 aliphatic rings. The number of para-hydroxylation sites is 2. The number of ether oxygens (including phenoxy) is 1. The molecule has 3 N–H and O–H groups in total. The van der Waals surface area contributed by atoms with E-state index < -0.39 is 17.9 Å². The number of halogens is 1. The molecule has 0 saturated heterocycles. The number of benzene rings is 4. The molecule has 0 heterocycles. The van der Waals surface area contributed by atoms with Crippen LogP contribution in [0.1, 0.15) is 48.0 Å². The van der Waals surface area contributed by atoms with Crippen molar-refractivity contribution in [2.75, 3.05) is 5.32 Å². The fourth-order valence-corrected chi connectivity index (χ4v) is 5.75. The molecule has 0 spiro atoms. The van der Waals surface area contributed by atoms with Crippen molar-refractivity contribution in [3.63, 3.8) is 0 Å². The van der Waals surface area contributed by atoms with E-state index in [1.165, 1.54) is 0 Å². The first-order chi connectivity index (χ1) is 20.9. The van der Waals surface area contributed by atoms with E-state index in [-0.39, 0.29) is 17.9 Å². The number of hydrogen-bond acceptors (Lipinski definition) is 4. The van der Waals surface area contributed by atoms with Crippen LogP contribution in [-0.2, 0) is 16.0 Å². The Hall–Kier alpha value is -4.43. The Morgan fingerprint density at radius 3 is 2.30 bits per heavy atom. The quantitative estimate of drug-likeness (QED) is 0.155. The maximum atomic E-state index is 13.3. The van der Waals surface area contributed by atoms with Gasteiger partial charge in [0.05, 0.1) is 11.3 Å². The first-order valence-electron chi connectivity index (χ1n) is 14.4. The monoisotopic (exact) mass is 640 g/mol. The van der Waals surface area contributed by atoms with Crippen molar-refractivity contribution in [3.05, 3.63) is 113 Å². The lowest BCUT2D eigenvalue weighted by molar-refractivity contribution is -0.139. The minimum Gasteiger partial charge on any atom is -0.480 e. The zero-order valence-electron chi connectivity index (χ0n) is 23.6. The number of rotatable bonds is 11. The number of carboxylic acids is 1. The molecule has 1 unspecified atom stereocenters. The summed E-state index contributed by atoms with van der Waals surface area (Å²) in [6.07, 6.45) is 4.85. The molecular weight excluding hydrogens is 608 g/mol. The number of carbonyl (C=O) groups excluding carboxylic acids is 2. The van der Waals surface area contributed by atoms with Gasteiger partial charge in [-0.1, -0.05) is 89.4 Å². The second kappa shape index (κ2) is 14.2. The maximum absolute atomic E-state index is 13.3. The molecule has 43 heavy (non-hydrogen) atoms. The van der Waals surface area contributed by atoms with Gasteiger partial charge in [0, 0.05) is 22.9 Å². The molecule has 4 aromatic rings. The number of amides is 2. The predicted octanol–water partition coefficient (Wildman–Crippen LogP) is 7.85. The van der Waals surface area contributed by atoms with E-state index in [0.717, 1.165) is 48.1 Å². The average Bonchev–Trinajstić information content (AvgIpc) is 3.52. The van der Waals surface area contributed by atoms with Gasteiger partial charge < -0.3 is 20.5 Å². The highest BCUT2D eigenvalue weighted by atomic mass is 79.9. The van der Waals surface area contributed by atoms with Gasteiger partial charge in [-0.2, -0.15) is 0 Å². The number of hydrogen-bond donors (Lipinski definition) is 3. The Labute approximate surface area is 259 Å². The lowest BCUT2D eigenvalue weighted by Gasteiger charge is -2.18. The van der Waals surface area contributed by atoms with E-state index in [4.69, 9.17) is 4.74 Å².